The first kappa shape index (κ1) is 23.1. The van der Waals surface area contributed by atoms with E-state index in [2.05, 4.69) is 53.3 Å². The van der Waals surface area contributed by atoms with Gasteiger partial charge in [0, 0.05) is 37.0 Å². The van der Waals surface area contributed by atoms with Crippen molar-refractivity contribution in [3.05, 3.63) is 42.1 Å². The molecule has 2 aromatic rings. The molecule has 2 aliphatic heterocycles. The van der Waals surface area contributed by atoms with Crippen molar-refractivity contribution in [2.75, 3.05) is 42.0 Å². The van der Waals surface area contributed by atoms with Crippen LogP contribution in [0, 0.1) is 11.8 Å². The number of carbonyl (C=O) groups is 1. The van der Waals surface area contributed by atoms with E-state index in [1.807, 2.05) is 11.0 Å². The molecule has 1 aromatic carbocycles. The average Bonchev–Trinajstić information content (AvgIpc) is 3.04. The molecule has 7 heteroatoms. The molecule has 182 valence electrons. The molecule has 1 amide bonds. The predicted molar refractivity (Wildman–Crippen MR) is 135 cm³/mol. The number of benzene rings is 1. The van der Waals surface area contributed by atoms with Crippen molar-refractivity contribution >= 4 is 28.8 Å². The SMILES string of the molecule is COC1CCC(C(=O)N2Cc3cccnc3Nc3ccc(N4CCOCC4C(C)C)cc32)CC1. The first-order valence-corrected chi connectivity index (χ1v) is 12.6. The predicted octanol–water partition coefficient (Wildman–Crippen LogP) is 4.74. The molecule has 1 aromatic heterocycles. The minimum absolute atomic E-state index is 0.0212. The van der Waals surface area contributed by atoms with Gasteiger partial charge in [0.25, 0.3) is 0 Å². The van der Waals surface area contributed by atoms with Crippen molar-refractivity contribution in [3.8, 4) is 0 Å². The number of morpholine rings is 1. The largest absolute Gasteiger partial charge is 0.381 e. The van der Waals surface area contributed by atoms with E-state index in [0.717, 1.165) is 73.9 Å². The van der Waals surface area contributed by atoms with Gasteiger partial charge in [0.1, 0.15) is 5.82 Å². The second-order valence-corrected chi connectivity index (χ2v) is 10.1. The van der Waals surface area contributed by atoms with Crippen LogP contribution in [0.2, 0.25) is 0 Å². The van der Waals surface area contributed by atoms with Crippen LogP contribution in [-0.4, -0.2) is 49.9 Å². The van der Waals surface area contributed by atoms with E-state index >= 15 is 0 Å². The van der Waals surface area contributed by atoms with Crippen LogP contribution in [0.4, 0.5) is 22.9 Å². The number of rotatable bonds is 4. The fraction of sp³-hybridized carbons (Fsp3) is 0.556. The van der Waals surface area contributed by atoms with E-state index in [9.17, 15) is 4.79 Å². The highest BCUT2D eigenvalue weighted by atomic mass is 16.5. The molecular formula is C27H36N4O3. The molecule has 0 radical (unpaired) electrons. The quantitative estimate of drug-likeness (QED) is 0.705. The first-order chi connectivity index (χ1) is 16.5. The molecule has 0 spiro atoms. The van der Waals surface area contributed by atoms with Crippen molar-refractivity contribution in [2.45, 2.75) is 58.2 Å². The number of nitrogens with one attached hydrogen (secondary N) is 1. The molecule has 7 nitrogen and oxygen atoms in total. The minimum Gasteiger partial charge on any atom is -0.381 e. The summed E-state index contributed by atoms with van der Waals surface area (Å²) in [7, 11) is 1.77. The Morgan fingerprint density at radius 3 is 2.79 bits per heavy atom. The summed E-state index contributed by atoms with van der Waals surface area (Å²) in [5.74, 6) is 1.52. The maximum absolute atomic E-state index is 13.9. The van der Waals surface area contributed by atoms with Crippen LogP contribution in [0.5, 0.6) is 0 Å². The van der Waals surface area contributed by atoms with Gasteiger partial charge in [-0.3, -0.25) is 4.79 Å². The monoisotopic (exact) mass is 464 g/mol. The summed E-state index contributed by atoms with van der Waals surface area (Å²) >= 11 is 0. The maximum atomic E-state index is 13.9. The normalized spacial score (nSPS) is 24.8. The molecule has 3 heterocycles. The summed E-state index contributed by atoms with van der Waals surface area (Å²) in [5.41, 5.74) is 4.03. The lowest BCUT2D eigenvalue weighted by Gasteiger charge is -2.40. The van der Waals surface area contributed by atoms with Gasteiger partial charge in [0.05, 0.1) is 43.3 Å². The molecule has 1 unspecified atom stereocenters. The fourth-order valence-electron chi connectivity index (χ4n) is 5.55. The standard InChI is InChI=1S/C27H36N4O3/c1-18(2)25-17-34-14-13-30(25)21-8-11-23-24(15-21)31(16-20-5-4-12-28-26(20)29-23)27(32)19-6-9-22(33-3)10-7-19/h4-5,8,11-12,15,18-19,22,25H,6-7,9-10,13-14,16-17H2,1-3H3,(H,28,29). The summed E-state index contributed by atoms with van der Waals surface area (Å²) in [6.07, 6.45) is 5.68. The molecule has 1 atom stereocenters. The average molecular weight is 465 g/mol. The number of fused-ring (bicyclic) bond motifs is 2. The zero-order valence-corrected chi connectivity index (χ0v) is 20.5. The highest BCUT2D eigenvalue weighted by Crippen LogP contribution is 2.40. The van der Waals surface area contributed by atoms with Crippen LogP contribution in [0.15, 0.2) is 36.5 Å². The number of anilines is 4. The highest BCUT2D eigenvalue weighted by Gasteiger charge is 2.34. The van der Waals surface area contributed by atoms with E-state index in [-0.39, 0.29) is 17.9 Å². The summed E-state index contributed by atoms with van der Waals surface area (Å²) in [4.78, 5) is 22.9. The van der Waals surface area contributed by atoms with Gasteiger partial charge in [-0.25, -0.2) is 4.98 Å². The second-order valence-electron chi connectivity index (χ2n) is 10.1. The highest BCUT2D eigenvalue weighted by molar-refractivity contribution is 6.00. The number of ether oxygens (including phenoxy) is 2. The number of aromatic nitrogens is 1. The van der Waals surface area contributed by atoms with E-state index in [1.165, 1.54) is 0 Å². The van der Waals surface area contributed by atoms with Crippen LogP contribution in [-0.2, 0) is 20.8 Å². The lowest BCUT2D eigenvalue weighted by Crippen LogP contribution is -2.48. The number of pyridine rings is 1. The van der Waals surface area contributed by atoms with Crippen LogP contribution in [0.3, 0.4) is 0 Å². The molecule has 3 aliphatic rings. The number of nitrogens with zero attached hydrogens (tertiary/aromatic N) is 3. The molecule has 1 aliphatic carbocycles. The van der Waals surface area contributed by atoms with Crippen molar-refractivity contribution in [3.63, 3.8) is 0 Å². The summed E-state index contributed by atoms with van der Waals surface area (Å²) in [6, 6.07) is 10.8. The zero-order chi connectivity index (χ0) is 23.7. The fourth-order valence-corrected chi connectivity index (χ4v) is 5.55. The van der Waals surface area contributed by atoms with E-state index in [1.54, 1.807) is 13.3 Å². The van der Waals surface area contributed by atoms with Crippen LogP contribution >= 0.6 is 0 Å². The summed E-state index contributed by atoms with van der Waals surface area (Å²) < 4.78 is 11.3. The van der Waals surface area contributed by atoms with Crippen LogP contribution in [0.25, 0.3) is 0 Å². The third-order valence-electron chi connectivity index (χ3n) is 7.63. The van der Waals surface area contributed by atoms with E-state index < -0.39 is 0 Å². The Labute approximate surface area is 202 Å². The van der Waals surface area contributed by atoms with Gasteiger partial charge in [0.15, 0.2) is 0 Å². The van der Waals surface area contributed by atoms with Gasteiger partial charge in [0.2, 0.25) is 5.91 Å². The lowest BCUT2D eigenvalue weighted by atomic mass is 9.86. The van der Waals surface area contributed by atoms with Gasteiger partial charge in [-0.15, -0.1) is 0 Å². The van der Waals surface area contributed by atoms with Gasteiger partial charge < -0.3 is 24.6 Å². The molecule has 34 heavy (non-hydrogen) atoms. The third-order valence-corrected chi connectivity index (χ3v) is 7.63. The molecule has 0 bridgehead atoms. The Morgan fingerprint density at radius 2 is 2.03 bits per heavy atom. The first-order valence-electron chi connectivity index (χ1n) is 12.6. The van der Waals surface area contributed by atoms with Gasteiger partial charge >= 0.3 is 0 Å². The molecule has 1 saturated heterocycles. The van der Waals surface area contributed by atoms with E-state index in [4.69, 9.17) is 9.47 Å². The number of amides is 1. The summed E-state index contributed by atoms with van der Waals surface area (Å²) in [6.45, 7) is 7.31. The van der Waals surface area contributed by atoms with Gasteiger partial charge in [-0.2, -0.15) is 0 Å². The van der Waals surface area contributed by atoms with Crippen LogP contribution < -0.4 is 15.1 Å². The smallest absolute Gasteiger partial charge is 0.230 e. The number of hydrogen-bond donors (Lipinski definition) is 1. The Hall–Kier alpha value is -2.64. The van der Waals surface area contributed by atoms with Crippen molar-refractivity contribution < 1.29 is 14.3 Å². The van der Waals surface area contributed by atoms with Crippen molar-refractivity contribution in [1.29, 1.82) is 0 Å². The van der Waals surface area contributed by atoms with Gasteiger partial charge in [-0.1, -0.05) is 19.9 Å². The molecule has 1 N–H and O–H groups in total. The summed E-state index contributed by atoms with van der Waals surface area (Å²) in [5, 5.41) is 3.50. The van der Waals surface area contributed by atoms with Gasteiger partial charge in [-0.05, 0) is 55.9 Å². The Kier molecular flexibility index (Phi) is 6.75. The maximum Gasteiger partial charge on any atom is 0.230 e. The number of methoxy groups -OCH3 is 1. The third kappa shape index (κ3) is 4.51. The number of hydrogen-bond acceptors (Lipinski definition) is 6. The molecule has 2 fully saturated rings. The zero-order valence-electron chi connectivity index (χ0n) is 20.5. The minimum atomic E-state index is 0.0212. The van der Waals surface area contributed by atoms with E-state index in [0.29, 0.717) is 18.5 Å². The lowest BCUT2D eigenvalue weighted by molar-refractivity contribution is -0.124. The molecular weight excluding hydrogens is 428 g/mol. The van der Waals surface area contributed by atoms with Crippen molar-refractivity contribution in [2.24, 2.45) is 11.8 Å². The Bertz CT molecular complexity index is 1020. The van der Waals surface area contributed by atoms with Crippen molar-refractivity contribution in [1.82, 2.24) is 4.98 Å². The van der Waals surface area contributed by atoms with Crippen LogP contribution in [0.1, 0.15) is 45.1 Å². The molecule has 5 rings (SSSR count). The Morgan fingerprint density at radius 1 is 1.21 bits per heavy atom. The number of carbonyl (C=O) groups excluding carboxylic acids is 1. The second kappa shape index (κ2) is 9.92. The Balaban J connectivity index is 1.51. The topological polar surface area (TPSA) is 66.9 Å². The molecule has 1 saturated carbocycles.